The summed E-state index contributed by atoms with van der Waals surface area (Å²) in [5, 5.41) is 14.5. The number of para-hydroxylation sites is 1. The van der Waals surface area contributed by atoms with Gasteiger partial charge in [-0.2, -0.15) is 0 Å². The Kier molecular flexibility index (Phi) is 5.76. The molecule has 0 amide bonds. The van der Waals surface area contributed by atoms with E-state index in [-0.39, 0.29) is 29.5 Å². The number of anilines is 1. The molecular formula is C14H23N3O3. The second-order valence-electron chi connectivity index (χ2n) is 5.31. The van der Waals surface area contributed by atoms with Crippen LogP contribution in [0.2, 0.25) is 0 Å². The fraction of sp³-hybridized carbons (Fsp3) is 0.571. The molecule has 0 aliphatic carbocycles. The van der Waals surface area contributed by atoms with E-state index in [1.807, 2.05) is 27.7 Å². The summed E-state index contributed by atoms with van der Waals surface area (Å²) in [4.78, 5) is 10.9. The molecule has 0 aliphatic heterocycles. The minimum atomic E-state index is -0.423. The molecule has 6 nitrogen and oxygen atoms in total. The Balaban J connectivity index is 3.15. The second kappa shape index (κ2) is 7.09. The maximum absolute atomic E-state index is 11.3. The van der Waals surface area contributed by atoms with E-state index in [4.69, 9.17) is 10.5 Å². The van der Waals surface area contributed by atoms with Crippen LogP contribution in [0.15, 0.2) is 18.2 Å². The van der Waals surface area contributed by atoms with Crippen LogP contribution in [0.25, 0.3) is 0 Å². The SMILES string of the molecule is CC(C)Oc1cccc(NC(CN)C(C)C)c1[N+](=O)[O-]. The summed E-state index contributed by atoms with van der Waals surface area (Å²) in [6.45, 7) is 8.11. The Morgan fingerprint density at radius 1 is 1.35 bits per heavy atom. The highest BCUT2D eigenvalue weighted by Crippen LogP contribution is 2.36. The predicted octanol–water partition coefficient (Wildman–Crippen LogP) is 2.78. The van der Waals surface area contributed by atoms with Crippen LogP contribution < -0.4 is 15.8 Å². The van der Waals surface area contributed by atoms with Crippen molar-refractivity contribution >= 4 is 11.4 Å². The molecule has 1 aromatic carbocycles. The van der Waals surface area contributed by atoms with Crippen LogP contribution in [-0.4, -0.2) is 23.6 Å². The summed E-state index contributed by atoms with van der Waals surface area (Å²) >= 11 is 0. The molecule has 0 bridgehead atoms. The Morgan fingerprint density at radius 3 is 2.45 bits per heavy atom. The fourth-order valence-corrected chi connectivity index (χ4v) is 1.87. The average molecular weight is 281 g/mol. The lowest BCUT2D eigenvalue weighted by atomic mass is 10.0. The third-order valence-electron chi connectivity index (χ3n) is 2.94. The Hall–Kier alpha value is -1.82. The lowest BCUT2D eigenvalue weighted by molar-refractivity contribution is -0.385. The van der Waals surface area contributed by atoms with E-state index < -0.39 is 4.92 Å². The number of nitrogens with zero attached hydrogens (tertiary/aromatic N) is 1. The van der Waals surface area contributed by atoms with Crippen molar-refractivity contribution in [2.45, 2.75) is 39.8 Å². The maximum atomic E-state index is 11.3. The van der Waals surface area contributed by atoms with E-state index in [9.17, 15) is 10.1 Å². The van der Waals surface area contributed by atoms with Crippen molar-refractivity contribution in [2.24, 2.45) is 11.7 Å². The van der Waals surface area contributed by atoms with Gasteiger partial charge in [0.1, 0.15) is 5.69 Å². The molecule has 0 spiro atoms. The molecule has 0 saturated heterocycles. The third-order valence-corrected chi connectivity index (χ3v) is 2.94. The van der Waals surface area contributed by atoms with Gasteiger partial charge in [0.15, 0.2) is 5.75 Å². The summed E-state index contributed by atoms with van der Waals surface area (Å²) in [7, 11) is 0. The van der Waals surface area contributed by atoms with Gasteiger partial charge in [-0.1, -0.05) is 19.9 Å². The number of rotatable bonds is 7. The molecule has 0 aliphatic rings. The van der Waals surface area contributed by atoms with E-state index in [1.165, 1.54) is 0 Å². The Morgan fingerprint density at radius 2 is 2.00 bits per heavy atom. The first-order valence-electron chi connectivity index (χ1n) is 6.77. The number of nitrogens with one attached hydrogen (secondary N) is 1. The van der Waals surface area contributed by atoms with Crippen LogP contribution in [0.3, 0.4) is 0 Å². The van der Waals surface area contributed by atoms with E-state index in [1.54, 1.807) is 18.2 Å². The largest absolute Gasteiger partial charge is 0.484 e. The Labute approximate surface area is 119 Å². The highest BCUT2D eigenvalue weighted by Gasteiger charge is 2.24. The van der Waals surface area contributed by atoms with E-state index in [0.717, 1.165) is 0 Å². The normalized spacial score (nSPS) is 12.6. The molecule has 1 atom stereocenters. The number of hydrogen-bond donors (Lipinski definition) is 2. The molecule has 20 heavy (non-hydrogen) atoms. The average Bonchev–Trinajstić information content (AvgIpc) is 2.34. The highest BCUT2D eigenvalue weighted by atomic mass is 16.6. The topological polar surface area (TPSA) is 90.4 Å². The van der Waals surface area contributed by atoms with Crippen molar-refractivity contribution in [3.8, 4) is 5.75 Å². The number of hydrogen-bond acceptors (Lipinski definition) is 5. The van der Waals surface area contributed by atoms with Crippen molar-refractivity contribution in [3.63, 3.8) is 0 Å². The van der Waals surface area contributed by atoms with E-state index in [0.29, 0.717) is 12.2 Å². The van der Waals surface area contributed by atoms with Gasteiger partial charge in [-0.05, 0) is 31.9 Å². The summed E-state index contributed by atoms with van der Waals surface area (Å²) in [5.74, 6) is 0.545. The van der Waals surface area contributed by atoms with Crippen molar-refractivity contribution < 1.29 is 9.66 Å². The zero-order valence-electron chi connectivity index (χ0n) is 12.4. The summed E-state index contributed by atoms with van der Waals surface area (Å²) in [5.41, 5.74) is 6.10. The number of nitrogens with two attached hydrogens (primary N) is 1. The van der Waals surface area contributed by atoms with Crippen molar-refractivity contribution in [1.82, 2.24) is 0 Å². The van der Waals surface area contributed by atoms with E-state index >= 15 is 0 Å². The summed E-state index contributed by atoms with van der Waals surface area (Å²) < 4.78 is 5.51. The van der Waals surface area contributed by atoms with Gasteiger partial charge >= 0.3 is 5.69 Å². The van der Waals surface area contributed by atoms with Crippen LogP contribution in [0, 0.1) is 16.0 Å². The molecule has 0 heterocycles. The van der Waals surface area contributed by atoms with Gasteiger partial charge in [-0.25, -0.2) is 0 Å². The Bertz CT molecular complexity index is 461. The van der Waals surface area contributed by atoms with Crippen LogP contribution in [-0.2, 0) is 0 Å². The van der Waals surface area contributed by atoms with Crippen LogP contribution in [0.5, 0.6) is 5.75 Å². The van der Waals surface area contributed by atoms with E-state index in [2.05, 4.69) is 5.32 Å². The third kappa shape index (κ3) is 4.09. The second-order valence-corrected chi connectivity index (χ2v) is 5.31. The smallest absolute Gasteiger partial charge is 0.333 e. The zero-order valence-corrected chi connectivity index (χ0v) is 12.4. The minimum absolute atomic E-state index is 0.0250. The minimum Gasteiger partial charge on any atom is -0.484 e. The van der Waals surface area contributed by atoms with Gasteiger partial charge in [0.2, 0.25) is 0 Å². The molecule has 1 rings (SSSR count). The predicted molar refractivity (Wildman–Crippen MR) is 80.2 cm³/mol. The van der Waals surface area contributed by atoms with Crippen LogP contribution >= 0.6 is 0 Å². The van der Waals surface area contributed by atoms with Crippen molar-refractivity contribution in [3.05, 3.63) is 28.3 Å². The van der Waals surface area contributed by atoms with Gasteiger partial charge in [0, 0.05) is 12.6 Å². The first-order valence-corrected chi connectivity index (χ1v) is 6.77. The van der Waals surface area contributed by atoms with Gasteiger partial charge in [0.25, 0.3) is 0 Å². The molecule has 0 radical (unpaired) electrons. The number of nitro groups is 1. The molecule has 0 saturated carbocycles. The molecule has 112 valence electrons. The van der Waals surface area contributed by atoms with Gasteiger partial charge < -0.3 is 15.8 Å². The molecule has 6 heteroatoms. The fourth-order valence-electron chi connectivity index (χ4n) is 1.87. The highest BCUT2D eigenvalue weighted by molar-refractivity contribution is 5.68. The summed E-state index contributed by atoms with van der Waals surface area (Å²) in [6.07, 6.45) is -0.126. The van der Waals surface area contributed by atoms with Crippen LogP contribution in [0.1, 0.15) is 27.7 Å². The molecule has 1 aromatic rings. The van der Waals surface area contributed by atoms with Gasteiger partial charge in [-0.15, -0.1) is 0 Å². The molecule has 3 N–H and O–H groups in total. The molecular weight excluding hydrogens is 258 g/mol. The molecule has 1 unspecified atom stereocenters. The number of ether oxygens (including phenoxy) is 1. The first-order chi connectivity index (χ1) is 9.36. The lowest BCUT2D eigenvalue weighted by Gasteiger charge is -2.22. The number of nitro benzene ring substituents is 1. The maximum Gasteiger partial charge on any atom is 0.333 e. The van der Waals surface area contributed by atoms with Crippen molar-refractivity contribution in [1.29, 1.82) is 0 Å². The van der Waals surface area contributed by atoms with Crippen LogP contribution in [0.4, 0.5) is 11.4 Å². The number of benzene rings is 1. The lowest BCUT2D eigenvalue weighted by Crippen LogP contribution is -2.33. The van der Waals surface area contributed by atoms with Crippen molar-refractivity contribution in [2.75, 3.05) is 11.9 Å². The standard InChI is InChI=1S/C14H23N3O3/c1-9(2)12(8-15)16-11-6-5-7-13(20-10(3)4)14(11)17(18)19/h5-7,9-10,12,16H,8,15H2,1-4H3. The first kappa shape index (κ1) is 16.2. The van der Waals surface area contributed by atoms with Gasteiger partial charge in [0.05, 0.1) is 11.0 Å². The molecule has 0 fully saturated rings. The summed E-state index contributed by atoms with van der Waals surface area (Å²) in [6, 6.07) is 5.00. The molecule has 0 aromatic heterocycles. The monoisotopic (exact) mass is 281 g/mol. The zero-order chi connectivity index (χ0) is 15.3. The van der Waals surface area contributed by atoms with Gasteiger partial charge in [-0.3, -0.25) is 10.1 Å². The quantitative estimate of drug-likeness (QED) is 0.592.